The van der Waals surface area contributed by atoms with Crippen molar-refractivity contribution in [3.05, 3.63) is 69.3 Å². The maximum absolute atomic E-state index is 13.7. The highest BCUT2D eigenvalue weighted by Gasteiger charge is 2.33. The maximum Gasteiger partial charge on any atom is 0.416 e. The molecule has 1 N–H and O–H groups in total. The number of alkyl halides is 3. The van der Waals surface area contributed by atoms with Crippen molar-refractivity contribution in [2.45, 2.75) is 12.7 Å². The molecule has 2 rings (SSSR count). The maximum atomic E-state index is 13.7. The lowest BCUT2D eigenvalue weighted by Gasteiger charge is -2.14. The number of hydrogen-bond donors (Lipinski definition) is 1. The van der Waals surface area contributed by atoms with E-state index in [1.807, 2.05) is 0 Å². The fraction of sp³-hybridized carbons (Fsp3) is 0.143. The Balaban J connectivity index is 2.23. The van der Waals surface area contributed by atoms with Gasteiger partial charge in [0.1, 0.15) is 5.82 Å². The Morgan fingerprint density at radius 1 is 1.09 bits per heavy atom. The van der Waals surface area contributed by atoms with E-state index in [-0.39, 0.29) is 11.3 Å². The van der Waals surface area contributed by atoms with E-state index in [9.17, 15) is 32.1 Å². The third-order valence-electron chi connectivity index (χ3n) is 3.01. The van der Waals surface area contributed by atoms with Crippen molar-refractivity contribution >= 4 is 11.4 Å². The van der Waals surface area contributed by atoms with Gasteiger partial charge in [-0.15, -0.1) is 0 Å². The van der Waals surface area contributed by atoms with E-state index in [0.29, 0.717) is 12.1 Å². The lowest BCUT2D eigenvalue weighted by Crippen LogP contribution is -2.12. The molecule has 0 unspecified atom stereocenters. The van der Waals surface area contributed by atoms with Gasteiger partial charge in [-0.05, 0) is 23.8 Å². The average Bonchev–Trinajstić information content (AvgIpc) is 2.45. The zero-order chi connectivity index (χ0) is 17.2. The Kier molecular flexibility index (Phi) is 4.48. The summed E-state index contributed by atoms with van der Waals surface area (Å²) in [6.07, 6.45) is -4.76. The van der Waals surface area contributed by atoms with Crippen LogP contribution in [0.5, 0.6) is 0 Å². The van der Waals surface area contributed by atoms with Gasteiger partial charge in [0.15, 0.2) is 5.82 Å². The molecule has 0 amide bonds. The van der Waals surface area contributed by atoms with Gasteiger partial charge in [-0.1, -0.05) is 6.07 Å². The van der Waals surface area contributed by atoms with Crippen LogP contribution in [0.3, 0.4) is 0 Å². The monoisotopic (exact) mass is 332 g/mol. The van der Waals surface area contributed by atoms with Gasteiger partial charge in [-0.3, -0.25) is 10.1 Å². The van der Waals surface area contributed by atoms with Gasteiger partial charge in [0.25, 0.3) is 5.69 Å². The Labute approximate surface area is 126 Å². The Bertz CT molecular complexity index is 746. The number of anilines is 1. The second-order valence-electron chi connectivity index (χ2n) is 4.57. The second-order valence-corrected chi connectivity index (χ2v) is 4.57. The zero-order valence-electron chi connectivity index (χ0n) is 11.3. The minimum Gasteiger partial charge on any atom is -0.379 e. The molecule has 4 nitrogen and oxygen atoms in total. The van der Waals surface area contributed by atoms with Crippen molar-refractivity contribution in [1.29, 1.82) is 0 Å². The fourth-order valence-electron chi connectivity index (χ4n) is 1.92. The van der Waals surface area contributed by atoms with Crippen LogP contribution in [-0.4, -0.2) is 4.92 Å². The standard InChI is InChI=1S/C14H9F5N2O2/c15-9-2-1-8(11(5-9)14(17,18)19)7-20-13-4-3-10(21(22)23)6-12(13)16/h1-6,20H,7H2. The SMILES string of the molecule is O=[N+]([O-])c1ccc(NCc2ccc(F)cc2C(F)(F)F)c(F)c1. The van der Waals surface area contributed by atoms with Crippen LogP contribution in [0.15, 0.2) is 36.4 Å². The predicted molar refractivity (Wildman–Crippen MR) is 71.8 cm³/mol. The van der Waals surface area contributed by atoms with E-state index >= 15 is 0 Å². The number of non-ortho nitro benzene ring substituents is 1. The smallest absolute Gasteiger partial charge is 0.379 e. The van der Waals surface area contributed by atoms with E-state index in [1.165, 1.54) is 0 Å². The highest BCUT2D eigenvalue weighted by Crippen LogP contribution is 2.33. The Hall–Kier alpha value is -2.71. The molecule has 0 aliphatic heterocycles. The molecule has 23 heavy (non-hydrogen) atoms. The summed E-state index contributed by atoms with van der Waals surface area (Å²) in [5.41, 5.74) is -2.14. The Morgan fingerprint density at radius 2 is 1.78 bits per heavy atom. The van der Waals surface area contributed by atoms with Gasteiger partial charge in [0.05, 0.1) is 22.2 Å². The number of hydrogen-bond acceptors (Lipinski definition) is 3. The fourth-order valence-corrected chi connectivity index (χ4v) is 1.92. The number of nitrogens with zero attached hydrogens (tertiary/aromatic N) is 1. The molecule has 0 aliphatic rings. The van der Waals surface area contributed by atoms with Crippen LogP contribution in [-0.2, 0) is 12.7 Å². The summed E-state index contributed by atoms with van der Waals surface area (Å²) in [5, 5.41) is 12.9. The first-order chi connectivity index (χ1) is 10.7. The van der Waals surface area contributed by atoms with Crippen molar-refractivity contribution in [3.63, 3.8) is 0 Å². The van der Waals surface area contributed by atoms with Crippen LogP contribution in [0.25, 0.3) is 0 Å². The van der Waals surface area contributed by atoms with E-state index < -0.39 is 40.5 Å². The van der Waals surface area contributed by atoms with Crippen LogP contribution in [0.2, 0.25) is 0 Å². The number of rotatable bonds is 4. The van der Waals surface area contributed by atoms with E-state index in [1.54, 1.807) is 0 Å². The van der Waals surface area contributed by atoms with Gasteiger partial charge >= 0.3 is 6.18 Å². The van der Waals surface area contributed by atoms with Crippen LogP contribution in [0.1, 0.15) is 11.1 Å². The number of halogens is 5. The van der Waals surface area contributed by atoms with Gasteiger partial charge in [0, 0.05) is 12.6 Å². The summed E-state index contributed by atoms with van der Waals surface area (Å²) in [7, 11) is 0. The normalized spacial score (nSPS) is 11.3. The largest absolute Gasteiger partial charge is 0.416 e. The predicted octanol–water partition coefficient (Wildman–Crippen LogP) is 4.50. The van der Waals surface area contributed by atoms with Crippen LogP contribution < -0.4 is 5.32 Å². The third-order valence-corrected chi connectivity index (χ3v) is 3.01. The number of benzene rings is 2. The summed E-state index contributed by atoms with van der Waals surface area (Å²) in [6, 6.07) is 4.86. The first-order valence-electron chi connectivity index (χ1n) is 6.22. The first-order valence-corrected chi connectivity index (χ1v) is 6.22. The summed E-state index contributed by atoms with van der Waals surface area (Å²) >= 11 is 0. The first kappa shape index (κ1) is 16.7. The molecule has 0 radical (unpaired) electrons. The minimum absolute atomic E-state index is 0.201. The Morgan fingerprint density at radius 3 is 2.35 bits per heavy atom. The molecular weight excluding hydrogens is 323 g/mol. The van der Waals surface area contributed by atoms with Crippen LogP contribution >= 0.6 is 0 Å². The molecule has 2 aromatic rings. The molecule has 0 heterocycles. The van der Waals surface area contributed by atoms with Crippen molar-refractivity contribution in [2.24, 2.45) is 0 Å². The number of nitro benzene ring substituents is 1. The second kappa shape index (κ2) is 6.19. The highest BCUT2D eigenvalue weighted by atomic mass is 19.4. The van der Waals surface area contributed by atoms with Crippen molar-refractivity contribution in [1.82, 2.24) is 0 Å². The molecule has 0 fully saturated rings. The molecule has 0 saturated carbocycles. The van der Waals surface area contributed by atoms with Gasteiger partial charge in [0.2, 0.25) is 0 Å². The summed E-state index contributed by atoms with van der Waals surface area (Å²) in [6.45, 7) is -0.427. The lowest BCUT2D eigenvalue weighted by atomic mass is 10.1. The summed E-state index contributed by atoms with van der Waals surface area (Å²) in [5.74, 6) is -2.02. The molecule has 0 spiro atoms. The average molecular weight is 332 g/mol. The molecule has 0 aromatic heterocycles. The van der Waals surface area contributed by atoms with E-state index in [0.717, 1.165) is 24.3 Å². The quantitative estimate of drug-likeness (QED) is 0.509. The molecule has 2 aromatic carbocycles. The van der Waals surface area contributed by atoms with E-state index in [2.05, 4.69) is 5.32 Å². The minimum atomic E-state index is -4.76. The highest BCUT2D eigenvalue weighted by molar-refractivity contribution is 5.50. The molecule has 122 valence electrons. The molecular formula is C14H9F5N2O2. The lowest BCUT2D eigenvalue weighted by molar-refractivity contribution is -0.385. The number of nitrogens with one attached hydrogen (secondary N) is 1. The summed E-state index contributed by atoms with van der Waals surface area (Å²) < 4.78 is 65.1. The molecule has 0 atom stereocenters. The van der Waals surface area contributed by atoms with Crippen LogP contribution in [0.4, 0.5) is 33.3 Å². The third kappa shape index (κ3) is 3.93. The van der Waals surface area contributed by atoms with Gasteiger partial charge < -0.3 is 5.32 Å². The molecule has 0 saturated heterocycles. The van der Waals surface area contributed by atoms with Crippen molar-refractivity contribution < 1.29 is 26.9 Å². The topological polar surface area (TPSA) is 55.2 Å². The van der Waals surface area contributed by atoms with Crippen molar-refractivity contribution in [2.75, 3.05) is 5.32 Å². The summed E-state index contributed by atoms with van der Waals surface area (Å²) in [4.78, 5) is 9.69. The van der Waals surface area contributed by atoms with E-state index in [4.69, 9.17) is 0 Å². The number of nitro groups is 1. The van der Waals surface area contributed by atoms with Crippen LogP contribution in [0, 0.1) is 21.7 Å². The van der Waals surface area contributed by atoms with Crippen molar-refractivity contribution in [3.8, 4) is 0 Å². The van der Waals surface area contributed by atoms with Gasteiger partial charge in [-0.25, -0.2) is 8.78 Å². The molecule has 9 heteroatoms. The molecule has 0 aliphatic carbocycles. The van der Waals surface area contributed by atoms with Gasteiger partial charge in [-0.2, -0.15) is 13.2 Å². The zero-order valence-corrected chi connectivity index (χ0v) is 11.3. The molecule has 0 bridgehead atoms.